The molecule has 0 saturated heterocycles. The predicted octanol–water partition coefficient (Wildman–Crippen LogP) is 1.49. The first-order chi connectivity index (χ1) is 7.97. The van der Waals surface area contributed by atoms with Gasteiger partial charge in [0.25, 0.3) is 5.91 Å². The van der Waals surface area contributed by atoms with E-state index < -0.39 is 5.97 Å². The van der Waals surface area contributed by atoms with Crippen LogP contribution in [0.2, 0.25) is 0 Å². The molecular weight excluding hydrogens is 222 g/mol. The Morgan fingerprint density at radius 2 is 2.06 bits per heavy atom. The zero-order chi connectivity index (χ0) is 12.6. The number of furan rings is 1. The van der Waals surface area contributed by atoms with Crippen LogP contribution in [-0.2, 0) is 4.79 Å². The van der Waals surface area contributed by atoms with Crippen LogP contribution >= 0.6 is 0 Å². The molecule has 17 heavy (non-hydrogen) atoms. The normalized spacial score (nSPS) is 22.9. The first-order valence-electron chi connectivity index (χ1n) is 5.58. The molecule has 92 valence electrons. The number of nitrogens with one attached hydrogen (secondary N) is 1. The fraction of sp³-hybridized carbons (Fsp3) is 0.500. The average Bonchev–Trinajstić information content (AvgIpc) is 2.49. The van der Waals surface area contributed by atoms with Gasteiger partial charge in [-0.1, -0.05) is 0 Å². The van der Waals surface area contributed by atoms with Crippen molar-refractivity contribution in [2.24, 2.45) is 5.92 Å². The van der Waals surface area contributed by atoms with Gasteiger partial charge >= 0.3 is 5.97 Å². The highest BCUT2D eigenvalue weighted by molar-refractivity contribution is 5.95. The zero-order valence-corrected chi connectivity index (χ0v) is 9.82. The quantitative estimate of drug-likeness (QED) is 0.834. The Balaban J connectivity index is 1.91. The van der Waals surface area contributed by atoms with Gasteiger partial charge in [0.15, 0.2) is 0 Å². The molecule has 1 aliphatic carbocycles. The van der Waals surface area contributed by atoms with Gasteiger partial charge in [0, 0.05) is 6.04 Å². The first-order valence-corrected chi connectivity index (χ1v) is 5.58. The molecule has 0 atom stereocenters. The second kappa shape index (κ2) is 4.24. The molecule has 0 aliphatic heterocycles. The molecule has 0 radical (unpaired) electrons. The second-order valence-corrected chi connectivity index (χ2v) is 4.50. The van der Waals surface area contributed by atoms with Gasteiger partial charge in [-0.15, -0.1) is 0 Å². The third-order valence-electron chi connectivity index (χ3n) is 3.11. The third kappa shape index (κ3) is 2.33. The van der Waals surface area contributed by atoms with Crippen molar-refractivity contribution >= 4 is 11.9 Å². The third-order valence-corrected chi connectivity index (χ3v) is 3.11. The molecule has 0 bridgehead atoms. The summed E-state index contributed by atoms with van der Waals surface area (Å²) in [6, 6.07) is 1.66. The van der Waals surface area contributed by atoms with Crippen molar-refractivity contribution in [2.75, 3.05) is 0 Å². The highest BCUT2D eigenvalue weighted by atomic mass is 16.4. The van der Waals surface area contributed by atoms with Crippen molar-refractivity contribution in [3.63, 3.8) is 0 Å². The van der Waals surface area contributed by atoms with Crippen molar-refractivity contribution in [1.29, 1.82) is 0 Å². The number of hydrogen-bond acceptors (Lipinski definition) is 3. The van der Waals surface area contributed by atoms with Gasteiger partial charge < -0.3 is 14.8 Å². The lowest BCUT2D eigenvalue weighted by atomic mass is 9.80. The highest BCUT2D eigenvalue weighted by Gasteiger charge is 2.35. The molecule has 1 amide bonds. The van der Waals surface area contributed by atoms with E-state index in [9.17, 15) is 9.59 Å². The minimum atomic E-state index is -0.786. The van der Waals surface area contributed by atoms with Crippen LogP contribution < -0.4 is 5.32 Å². The summed E-state index contributed by atoms with van der Waals surface area (Å²) in [5.74, 6) is 0.00490. The van der Waals surface area contributed by atoms with Crippen molar-refractivity contribution in [3.8, 4) is 0 Å². The number of hydrogen-bond donors (Lipinski definition) is 2. The largest absolute Gasteiger partial charge is 0.481 e. The summed E-state index contributed by atoms with van der Waals surface area (Å²) >= 11 is 0. The van der Waals surface area contributed by atoms with Crippen LogP contribution in [0.25, 0.3) is 0 Å². The molecule has 2 N–H and O–H groups in total. The molecule has 5 nitrogen and oxygen atoms in total. The topological polar surface area (TPSA) is 79.5 Å². The van der Waals surface area contributed by atoms with Gasteiger partial charge in [-0.3, -0.25) is 9.59 Å². The van der Waals surface area contributed by atoms with Crippen molar-refractivity contribution in [3.05, 3.63) is 23.2 Å². The Hall–Kier alpha value is -1.78. The summed E-state index contributed by atoms with van der Waals surface area (Å²) in [6.07, 6.45) is 1.02. The number of aliphatic carboxylic acids is 1. The van der Waals surface area contributed by atoms with Crippen LogP contribution in [0, 0.1) is 19.8 Å². The van der Waals surface area contributed by atoms with Crippen LogP contribution in [0.1, 0.15) is 34.7 Å². The summed E-state index contributed by atoms with van der Waals surface area (Å²) in [4.78, 5) is 22.5. The number of aryl methyl sites for hydroxylation is 2. The van der Waals surface area contributed by atoms with Crippen LogP contribution in [0.3, 0.4) is 0 Å². The summed E-state index contributed by atoms with van der Waals surface area (Å²) in [7, 11) is 0. The van der Waals surface area contributed by atoms with Gasteiger partial charge in [-0.2, -0.15) is 0 Å². The maximum Gasteiger partial charge on any atom is 0.306 e. The zero-order valence-electron chi connectivity index (χ0n) is 9.82. The van der Waals surface area contributed by atoms with E-state index in [1.54, 1.807) is 19.9 Å². The number of carboxylic acid groups (broad SMARTS) is 1. The Bertz CT molecular complexity index is 457. The number of rotatable bonds is 3. The Morgan fingerprint density at radius 1 is 1.41 bits per heavy atom. The summed E-state index contributed by atoms with van der Waals surface area (Å²) in [5.41, 5.74) is 0.529. The highest BCUT2D eigenvalue weighted by Crippen LogP contribution is 2.28. The Kier molecular flexibility index (Phi) is 2.92. The molecule has 1 aromatic rings. The number of carbonyl (C=O) groups excluding carboxylic acids is 1. The number of amides is 1. The van der Waals surface area contributed by atoms with E-state index >= 15 is 0 Å². The van der Waals surface area contributed by atoms with E-state index in [-0.39, 0.29) is 17.9 Å². The monoisotopic (exact) mass is 237 g/mol. The van der Waals surface area contributed by atoms with Crippen molar-refractivity contribution < 1.29 is 19.1 Å². The van der Waals surface area contributed by atoms with Gasteiger partial charge in [0.1, 0.15) is 11.5 Å². The average molecular weight is 237 g/mol. The number of carboxylic acids is 1. The van der Waals surface area contributed by atoms with E-state index in [4.69, 9.17) is 9.52 Å². The maximum absolute atomic E-state index is 11.8. The fourth-order valence-corrected chi connectivity index (χ4v) is 2.06. The van der Waals surface area contributed by atoms with Crippen LogP contribution in [0.5, 0.6) is 0 Å². The van der Waals surface area contributed by atoms with E-state index in [0.29, 0.717) is 29.9 Å². The minimum absolute atomic E-state index is 0.0294. The minimum Gasteiger partial charge on any atom is -0.481 e. The number of carbonyl (C=O) groups is 2. The Labute approximate surface area is 98.8 Å². The van der Waals surface area contributed by atoms with E-state index in [0.717, 1.165) is 0 Å². The molecule has 5 heteroatoms. The molecule has 1 fully saturated rings. The molecule has 1 heterocycles. The molecular formula is C12H15NO4. The molecule has 1 saturated carbocycles. The summed E-state index contributed by atoms with van der Waals surface area (Å²) in [5, 5.41) is 11.5. The summed E-state index contributed by atoms with van der Waals surface area (Å²) < 4.78 is 5.27. The van der Waals surface area contributed by atoms with Crippen molar-refractivity contribution in [2.45, 2.75) is 32.7 Å². The van der Waals surface area contributed by atoms with Gasteiger partial charge in [-0.05, 0) is 32.8 Å². The van der Waals surface area contributed by atoms with Crippen LogP contribution in [-0.4, -0.2) is 23.0 Å². The van der Waals surface area contributed by atoms with Crippen LogP contribution in [0.4, 0.5) is 0 Å². The lowest BCUT2D eigenvalue weighted by Gasteiger charge is -2.32. The standard InChI is InChI=1S/C12H15NO4/c1-6-3-10(7(2)17-6)11(14)13-9-4-8(5-9)12(15)16/h3,8-9H,4-5H2,1-2H3,(H,13,14)(H,15,16). The lowest BCUT2D eigenvalue weighted by molar-refractivity contribution is -0.145. The van der Waals surface area contributed by atoms with Gasteiger partial charge in [0.2, 0.25) is 0 Å². The molecule has 1 aromatic heterocycles. The molecule has 2 rings (SSSR count). The smallest absolute Gasteiger partial charge is 0.306 e. The molecule has 0 spiro atoms. The van der Waals surface area contributed by atoms with Gasteiger partial charge in [0.05, 0.1) is 11.5 Å². The van der Waals surface area contributed by atoms with E-state index in [2.05, 4.69) is 5.32 Å². The predicted molar refractivity (Wildman–Crippen MR) is 59.8 cm³/mol. The van der Waals surface area contributed by atoms with Crippen molar-refractivity contribution in [1.82, 2.24) is 5.32 Å². The maximum atomic E-state index is 11.8. The second-order valence-electron chi connectivity index (χ2n) is 4.50. The first kappa shape index (κ1) is 11.7. The Morgan fingerprint density at radius 3 is 2.53 bits per heavy atom. The molecule has 0 unspecified atom stereocenters. The SMILES string of the molecule is Cc1cc(C(=O)NC2CC(C(=O)O)C2)c(C)o1. The fourth-order valence-electron chi connectivity index (χ4n) is 2.06. The van der Waals surface area contributed by atoms with E-state index in [1.165, 1.54) is 0 Å². The van der Waals surface area contributed by atoms with Crippen LogP contribution in [0.15, 0.2) is 10.5 Å². The van der Waals surface area contributed by atoms with Gasteiger partial charge in [-0.25, -0.2) is 0 Å². The molecule has 0 aromatic carbocycles. The van der Waals surface area contributed by atoms with E-state index in [1.807, 2.05) is 0 Å². The lowest BCUT2D eigenvalue weighted by Crippen LogP contribution is -2.46. The molecule has 1 aliphatic rings. The summed E-state index contributed by atoms with van der Waals surface area (Å²) in [6.45, 7) is 3.52.